The molecule has 0 amide bonds. The Morgan fingerprint density at radius 3 is 2.12 bits per heavy atom. The Morgan fingerprint density at radius 1 is 1.24 bits per heavy atom. The summed E-state index contributed by atoms with van der Waals surface area (Å²) in [6.07, 6.45) is 1.61. The minimum Gasteiger partial charge on any atom is -0.384 e. The van der Waals surface area contributed by atoms with Crippen molar-refractivity contribution in [3.63, 3.8) is 0 Å². The van der Waals surface area contributed by atoms with Crippen LogP contribution in [-0.4, -0.2) is 23.2 Å². The second-order valence-electron chi connectivity index (χ2n) is 3.30. The van der Waals surface area contributed by atoms with E-state index in [1.165, 1.54) is 12.1 Å². The van der Waals surface area contributed by atoms with Crippen molar-refractivity contribution in [1.29, 1.82) is 0 Å². The van der Waals surface area contributed by atoms with Crippen LogP contribution in [0.25, 0.3) is 0 Å². The van der Waals surface area contributed by atoms with E-state index in [0.29, 0.717) is 5.82 Å². The van der Waals surface area contributed by atoms with Crippen LogP contribution in [0.5, 0.6) is 0 Å². The van der Waals surface area contributed by atoms with Crippen LogP contribution < -0.4 is 5.73 Å². The average molecular weight is 255 g/mol. The molecule has 0 aliphatic heterocycles. The highest BCUT2D eigenvalue weighted by atomic mass is 32.2. The van der Waals surface area contributed by atoms with Crippen molar-refractivity contribution in [2.45, 2.75) is 11.8 Å². The highest BCUT2D eigenvalue weighted by Crippen LogP contribution is 2.08. The van der Waals surface area contributed by atoms with Gasteiger partial charge in [0.2, 0.25) is 0 Å². The smallest absolute Gasteiger partial charge is 0.294 e. The first-order chi connectivity index (χ1) is 7.89. The van der Waals surface area contributed by atoms with Crippen LogP contribution in [-0.2, 0) is 10.1 Å². The van der Waals surface area contributed by atoms with Crippen LogP contribution in [0.4, 0.5) is 5.82 Å². The fraction of sp³-hybridized carbons (Fsp3) is 0.100. The summed E-state index contributed by atoms with van der Waals surface area (Å²) >= 11 is 0. The monoisotopic (exact) mass is 255 g/mol. The predicted molar refractivity (Wildman–Crippen MR) is 64.0 cm³/mol. The first-order valence-corrected chi connectivity index (χ1v) is 6.12. The van der Waals surface area contributed by atoms with E-state index in [4.69, 9.17) is 10.3 Å². The molecular formula is C10H13N3O3S. The first-order valence-electron chi connectivity index (χ1n) is 4.68. The third-order valence-corrected chi connectivity index (χ3v) is 2.71. The molecule has 6 nitrogen and oxygen atoms in total. The molecule has 1 aromatic carbocycles. The Hall–Kier alpha value is -1.86. The lowest BCUT2D eigenvalue weighted by molar-refractivity contribution is 0.483. The Morgan fingerprint density at radius 2 is 1.82 bits per heavy atom. The summed E-state index contributed by atoms with van der Waals surface area (Å²) in [6.45, 7) is 1.84. The molecule has 0 unspecified atom stereocenters. The number of nitrogens with two attached hydrogens (primary N) is 1. The van der Waals surface area contributed by atoms with Gasteiger partial charge in [0.25, 0.3) is 10.1 Å². The number of hydrogen-bond donors (Lipinski definition) is 3. The summed E-state index contributed by atoms with van der Waals surface area (Å²) in [4.78, 5) is -0.0666. The minimum absolute atomic E-state index is 0.0666. The van der Waals surface area contributed by atoms with Gasteiger partial charge in [0, 0.05) is 0 Å². The Labute approximate surface area is 99.2 Å². The van der Waals surface area contributed by atoms with Gasteiger partial charge in [-0.3, -0.25) is 9.65 Å². The number of nitrogens with zero attached hydrogens (tertiary/aromatic N) is 1. The second-order valence-corrected chi connectivity index (χ2v) is 4.72. The molecule has 1 heterocycles. The van der Waals surface area contributed by atoms with Gasteiger partial charge in [0.1, 0.15) is 5.82 Å². The molecule has 4 N–H and O–H groups in total. The van der Waals surface area contributed by atoms with Crippen molar-refractivity contribution >= 4 is 15.9 Å². The lowest BCUT2D eigenvalue weighted by Gasteiger charge is -1.95. The molecule has 17 heavy (non-hydrogen) atoms. The maximum absolute atomic E-state index is 10.5. The van der Waals surface area contributed by atoms with Gasteiger partial charge in [-0.15, -0.1) is 0 Å². The summed E-state index contributed by atoms with van der Waals surface area (Å²) in [5.74, 6) is 0.606. The maximum Gasteiger partial charge on any atom is 0.294 e. The van der Waals surface area contributed by atoms with E-state index < -0.39 is 10.1 Å². The third-order valence-electron chi connectivity index (χ3n) is 1.84. The van der Waals surface area contributed by atoms with Gasteiger partial charge in [-0.2, -0.15) is 13.5 Å². The van der Waals surface area contributed by atoms with E-state index in [-0.39, 0.29) is 4.90 Å². The average Bonchev–Trinajstić information content (AvgIpc) is 2.69. The van der Waals surface area contributed by atoms with E-state index in [9.17, 15) is 8.42 Å². The zero-order chi connectivity index (χ0) is 12.9. The van der Waals surface area contributed by atoms with E-state index in [1.807, 2.05) is 6.92 Å². The van der Waals surface area contributed by atoms with Crippen molar-refractivity contribution in [2.75, 3.05) is 5.73 Å². The third kappa shape index (κ3) is 4.66. The zero-order valence-corrected chi connectivity index (χ0v) is 9.98. The molecule has 0 saturated heterocycles. The number of H-pyrrole nitrogens is 1. The van der Waals surface area contributed by atoms with Crippen LogP contribution in [0, 0.1) is 6.92 Å². The number of aromatic amines is 1. The summed E-state index contributed by atoms with van der Waals surface area (Å²) in [7, 11) is -4.02. The molecule has 0 radical (unpaired) electrons. The minimum atomic E-state index is -4.02. The number of anilines is 1. The van der Waals surface area contributed by atoms with Gasteiger partial charge in [-0.1, -0.05) is 17.7 Å². The second kappa shape index (κ2) is 5.46. The Kier molecular flexibility index (Phi) is 4.24. The maximum atomic E-state index is 10.5. The first kappa shape index (κ1) is 13.2. The SMILES string of the molecule is Cc1ccc(S(=O)(=O)O)cc1.Nc1ccn[nH]1. The normalized spacial score (nSPS) is 10.5. The summed E-state index contributed by atoms with van der Waals surface area (Å²) in [5.41, 5.74) is 6.12. The zero-order valence-electron chi connectivity index (χ0n) is 9.16. The predicted octanol–water partition coefficient (Wildman–Crippen LogP) is 1.23. The van der Waals surface area contributed by atoms with Crippen molar-refractivity contribution in [3.05, 3.63) is 42.1 Å². The largest absolute Gasteiger partial charge is 0.384 e. The van der Waals surface area contributed by atoms with E-state index >= 15 is 0 Å². The van der Waals surface area contributed by atoms with E-state index in [1.54, 1.807) is 24.4 Å². The number of aromatic nitrogens is 2. The van der Waals surface area contributed by atoms with Crippen LogP contribution >= 0.6 is 0 Å². The van der Waals surface area contributed by atoms with E-state index in [2.05, 4.69) is 10.2 Å². The van der Waals surface area contributed by atoms with Gasteiger partial charge >= 0.3 is 0 Å². The van der Waals surface area contributed by atoms with Crippen LogP contribution in [0.2, 0.25) is 0 Å². The lowest BCUT2D eigenvalue weighted by Crippen LogP contribution is -1.96. The number of benzene rings is 1. The molecule has 0 aliphatic rings. The van der Waals surface area contributed by atoms with Crippen LogP contribution in [0.15, 0.2) is 41.4 Å². The molecule has 1 aromatic heterocycles. The highest BCUT2D eigenvalue weighted by molar-refractivity contribution is 7.85. The van der Waals surface area contributed by atoms with Crippen molar-refractivity contribution < 1.29 is 13.0 Å². The molecule has 92 valence electrons. The van der Waals surface area contributed by atoms with E-state index in [0.717, 1.165) is 5.56 Å². The standard InChI is InChI=1S/C7H8O3S.C3H5N3/c1-6-2-4-7(5-3-6)11(8,9)10;4-3-1-2-5-6-3/h2-5H,1H3,(H,8,9,10);1-2H,(H3,4,5,6). The fourth-order valence-corrected chi connectivity index (χ4v) is 1.46. The molecule has 0 aliphatic carbocycles. The summed E-state index contributed by atoms with van der Waals surface area (Å²) < 4.78 is 29.6. The van der Waals surface area contributed by atoms with Crippen molar-refractivity contribution in [1.82, 2.24) is 10.2 Å². The Bertz CT molecular complexity index is 547. The highest BCUT2D eigenvalue weighted by Gasteiger charge is 2.06. The lowest BCUT2D eigenvalue weighted by atomic mass is 10.2. The molecule has 0 bridgehead atoms. The van der Waals surface area contributed by atoms with Crippen LogP contribution in [0.3, 0.4) is 0 Å². The molecule has 0 atom stereocenters. The quantitative estimate of drug-likeness (QED) is 0.664. The molecule has 0 fully saturated rings. The topological polar surface area (TPSA) is 109 Å². The number of hydrogen-bond acceptors (Lipinski definition) is 4. The van der Waals surface area contributed by atoms with Gasteiger partial charge in [-0.25, -0.2) is 0 Å². The van der Waals surface area contributed by atoms with Gasteiger partial charge in [0.05, 0.1) is 11.1 Å². The Balaban J connectivity index is 0.000000202. The molecule has 0 spiro atoms. The number of nitrogen functional groups attached to an aromatic ring is 1. The summed E-state index contributed by atoms with van der Waals surface area (Å²) in [6, 6.07) is 7.68. The number of nitrogens with one attached hydrogen (secondary N) is 1. The number of rotatable bonds is 1. The van der Waals surface area contributed by atoms with Gasteiger partial charge < -0.3 is 5.73 Å². The fourth-order valence-electron chi connectivity index (χ4n) is 0.977. The molecule has 2 aromatic rings. The molecular weight excluding hydrogens is 242 g/mol. The van der Waals surface area contributed by atoms with Gasteiger partial charge in [0.15, 0.2) is 0 Å². The van der Waals surface area contributed by atoms with Crippen molar-refractivity contribution in [3.8, 4) is 0 Å². The van der Waals surface area contributed by atoms with Crippen molar-refractivity contribution in [2.24, 2.45) is 0 Å². The number of aryl methyl sites for hydroxylation is 1. The molecule has 2 rings (SSSR count). The van der Waals surface area contributed by atoms with Gasteiger partial charge in [-0.05, 0) is 25.1 Å². The summed E-state index contributed by atoms with van der Waals surface area (Å²) in [5, 5.41) is 6.10. The molecule has 0 saturated carbocycles. The van der Waals surface area contributed by atoms with Crippen LogP contribution in [0.1, 0.15) is 5.56 Å². The molecule has 7 heteroatoms.